The zero-order valence-corrected chi connectivity index (χ0v) is 15.5. The van der Waals surface area contributed by atoms with Crippen LogP contribution < -0.4 is 0 Å². The molecular formula is C14H7BrF6N6O2. The van der Waals surface area contributed by atoms with Crippen LogP contribution in [-0.2, 0) is 19.4 Å². The van der Waals surface area contributed by atoms with E-state index in [2.05, 4.69) is 31.0 Å². The molecule has 29 heavy (non-hydrogen) atoms. The lowest BCUT2D eigenvalue weighted by atomic mass is 10.0. The van der Waals surface area contributed by atoms with Gasteiger partial charge in [0.1, 0.15) is 6.33 Å². The second-order valence-corrected chi connectivity index (χ2v) is 6.36. The average molecular weight is 485 g/mol. The van der Waals surface area contributed by atoms with Gasteiger partial charge in [-0.2, -0.15) is 31.0 Å². The van der Waals surface area contributed by atoms with Crippen LogP contribution in [0, 0.1) is 10.1 Å². The van der Waals surface area contributed by atoms with E-state index in [9.17, 15) is 36.5 Å². The molecule has 0 unspecified atom stereocenters. The van der Waals surface area contributed by atoms with Gasteiger partial charge in [-0.3, -0.25) is 4.57 Å². The third kappa shape index (κ3) is 3.94. The van der Waals surface area contributed by atoms with E-state index in [1.807, 2.05) is 0 Å². The van der Waals surface area contributed by atoms with Crippen molar-refractivity contribution in [3.8, 4) is 17.2 Å². The first-order chi connectivity index (χ1) is 13.3. The maximum atomic E-state index is 13.0. The summed E-state index contributed by atoms with van der Waals surface area (Å²) in [4.78, 5) is 17.7. The van der Waals surface area contributed by atoms with Crippen LogP contribution >= 0.6 is 15.9 Å². The number of hydrogen-bond acceptors (Lipinski definition) is 5. The first-order valence-electron chi connectivity index (χ1n) is 7.37. The Balaban J connectivity index is 2.16. The van der Waals surface area contributed by atoms with Crippen LogP contribution in [0.15, 0.2) is 29.3 Å². The fourth-order valence-electron chi connectivity index (χ4n) is 2.41. The Bertz CT molecular complexity index is 1070. The Morgan fingerprint density at radius 1 is 1.07 bits per heavy atom. The molecule has 154 valence electrons. The lowest BCUT2D eigenvalue weighted by Crippen LogP contribution is -2.11. The minimum absolute atomic E-state index is 0.0242. The molecule has 0 saturated heterocycles. The van der Waals surface area contributed by atoms with Gasteiger partial charge < -0.3 is 10.1 Å². The number of alkyl halides is 6. The molecule has 1 aromatic carbocycles. The summed E-state index contributed by atoms with van der Waals surface area (Å²) in [5.41, 5.74) is -3.63. The number of imidazole rings is 1. The second-order valence-electron chi connectivity index (χ2n) is 5.65. The predicted octanol–water partition coefficient (Wildman–Crippen LogP) is 4.38. The molecule has 0 amide bonds. The average Bonchev–Trinajstić information content (AvgIpc) is 3.18. The summed E-state index contributed by atoms with van der Waals surface area (Å²) in [6.07, 6.45) is -9.16. The van der Waals surface area contributed by atoms with Gasteiger partial charge in [0.25, 0.3) is 4.73 Å². The van der Waals surface area contributed by atoms with Crippen molar-refractivity contribution in [2.24, 2.45) is 7.05 Å². The Kier molecular flexibility index (Phi) is 4.88. The molecule has 0 aliphatic carbocycles. The van der Waals surface area contributed by atoms with E-state index in [1.165, 1.54) is 11.6 Å². The molecule has 0 aliphatic heterocycles. The zero-order chi connectivity index (χ0) is 21.7. The molecule has 0 fully saturated rings. The van der Waals surface area contributed by atoms with E-state index < -0.39 is 45.6 Å². The van der Waals surface area contributed by atoms with Crippen molar-refractivity contribution in [2.45, 2.75) is 12.4 Å². The molecule has 2 aromatic heterocycles. The van der Waals surface area contributed by atoms with Gasteiger partial charge in [-0.1, -0.05) is 0 Å². The number of nitro groups is 1. The van der Waals surface area contributed by atoms with Crippen LogP contribution in [-0.4, -0.2) is 29.2 Å². The Labute approximate surface area is 165 Å². The number of halogens is 7. The van der Waals surface area contributed by atoms with Crippen molar-refractivity contribution in [3.05, 3.63) is 50.5 Å². The van der Waals surface area contributed by atoms with E-state index >= 15 is 0 Å². The predicted molar refractivity (Wildman–Crippen MR) is 87.9 cm³/mol. The van der Waals surface area contributed by atoms with Crippen LogP contribution in [0.1, 0.15) is 11.1 Å². The largest absolute Gasteiger partial charge is 0.416 e. The topological polar surface area (TPSA) is 91.7 Å². The first-order valence-corrected chi connectivity index (χ1v) is 8.17. The van der Waals surface area contributed by atoms with Gasteiger partial charge in [-0.25, -0.2) is 4.98 Å². The lowest BCUT2D eigenvalue weighted by molar-refractivity contribution is -0.389. The third-order valence-electron chi connectivity index (χ3n) is 3.72. The summed E-state index contributed by atoms with van der Waals surface area (Å²) in [7, 11) is 1.38. The van der Waals surface area contributed by atoms with Gasteiger partial charge in [-0.05, 0) is 28.1 Å². The monoisotopic (exact) mass is 484 g/mol. The van der Waals surface area contributed by atoms with Gasteiger partial charge in [-0.15, -0.1) is 5.10 Å². The van der Waals surface area contributed by atoms with Crippen LogP contribution in [0.5, 0.6) is 0 Å². The van der Waals surface area contributed by atoms with Crippen LogP contribution in [0.2, 0.25) is 0 Å². The minimum atomic E-state index is -5.04. The molecule has 3 rings (SSSR count). The normalized spacial score (nSPS) is 12.4. The van der Waals surface area contributed by atoms with Crippen molar-refractivity contribution in [3.63, 3.8) is 0 Å². The highest BCUT2D eigenvalue weighted by molar-refractivity contribution is 9.10. The first kappa shape index (κ1) is 20.8. The maximum Gasteiger partial charge on any atom is 0.416 e. The summed E-state index contributed by atoms with van der Waals surface area (Å²) < 4.78 is 80.2. The quantitative estimate of drug-likeness (QED) is 0.312. The van der Waals surface area contributed by atoms with E-state index in [4.69, 9.17) is 0 Å². The molecule has 8 nitrogen and oxygen atoms in total. The lowest BCUT2D eigenvalue weighted by Gasteiger charge is -2.13. The Morgan fingerprint density at radius 2 is 1.62 bits per heavy atom. The number of rotatable bonds is 3. The standard InChI is InChI=1S/C14H7BrF6N6O2/c1-25-11(10(27(28)29)23-12(25)15)26-5-22-9(24-26)6-2-7(13(16,17)18)4-8(3-6)14(19,20)21/h2-5H,1H3. The Hall–Kier alpha value is -2.97. The number of benzene rings is 1. The molecular weight excluding hydrogens is 478 g/mol. The molecule has 0 radical (unpaired) electrons. The van der Waals surface area contributed by atoms with Gasteiger partial charge in [0, 0.05) is 28.5 Å². The summed E-state index contributed by atoms with van der Waals surface area (Å²) in [5, 5.41) is 14.9. The van der Waals surface area contributed by atoms with Crippen molar-refractivity contribution in [1.29, 1.82) is 0 Å². The summed E-state index contributed by atoms with van der Waals surface area (Å²) in [6.45, 7) is 0. The van der Waals surface area contributed by atoms with Gasteiger partial charge >= 0.3 is 18.2 Å². The molecule has 0 bridgehead atoms. The zero-order valence-electron chi connectivity index (χ0n) is 14.0. The molecule has 0 spiro atoms. The van der Waals surface area contributed by atoms with E-state index in [-0.39, 0.29) is 16.6 Å². The SMILES string of the molecule is Cn1c(Br)nc([N+](=O)[O-])c1-n1cnc(-c2cc(C(F)(F)F)cc(C(F)(F)F)c2)n1. The van der Waals surface area contributed by atoms with E-state index in [0.717, 1.165) is 11.0 Å². The third-order valence-corrected chi connectivity index (χ3v) is 4.43. The van der Waals surface area contributed by atoms with Crippen LogP contribution in [0.3, 0.4) is 0 Å². The van der Waals surface area contributed by atoms with Gasteiger partial charge in [0.15, 0.2) is 5.82 Å². The highest BCUT2D eigenvalue weighted by Crippen LogP contribution is 2.38. The summed E-state index contributed by atoms with van der Waals surface area (Å²) >= 11 is 2.98. The van der Waals surface area contributed by atoms with Crippen molar-refractivity contribution in [2.75, 3.05) is 0 Å². The molecule has 0 atom stereocenters. The molecule has 3 aromatic rings. The fraction of sp³-hybridized carbons (Fsp3) is 0.214. The van der Waals surface area contributed by atoms with Crippen molar-refractivity contribution in [1.82, 2.24) is 24.3 Å². The van der Waals surface area contributed by atoms with Crippen molar-refractivity contribution >= 4 is 21.7 Å². The van der Waals surface area contributed by atoms with Crippen molar-refractivity contribution < 1.29 is 31.3 Å². The van der Waals surface area contributed by atoms with E-state index in [0.29, 0.717) is 12.1 Å². The molecule has 2 heterocycles. The fourth-order valence-corrected chi connectivity index (χ4v) is 2.75. The molecule has 0 saturated carbocycles. The number of nitrogens with zero attached hydrogens (tertiary/aromatic N) is 6. The highest BCUT2D eigenvalue weighted by atomic mass is 79.9. The van der Waals surface area contributed by atoms with Gasteiger partial charge in [0.05, 0.1) is 11.1 Å². The Morgan fingerprint density at radius 3 is 2.10 bits per heavy atom. The smallest absolute Gasteiger partial charge is 0.358 e. The number of aromatic nitrogens is 5. The summed E-state index contributed by atoms with van der Waals surface area (Å²) in [5.74, 6) is -1.34. The number of hydrogen-bond donors (Lipinski definition) is 0. The van der Waals surface area contributed by atoms with Crippen LogP contribution in [0.25, 0.3) is 17.2 Å². The highest BCUT2D eigenvalue weighted by Gasteiger charge is 2.37. The maximum absolute atomic E-state index is 13.0. The minimum Gasteiger partial charge on any atom is -0.358 e. The molecule has 0 N–H and O–H groups in total. The second kappa shape index (κ2) is 6.82. The van der Waals surface area contributed by atoms with Crippen LogP contribution in [0.4, 0.5) is 32.2 Å². The summed E-state index contributed by atoms with van der Waals surface area (Å²) in [6, 6.07) is 0.897. The van der Waals surface area contributed by atoms with Gasteiger partial charge in [0.2, 0.25) is 5.82 Å². The molecule has 0 aliphatic rings. The molecule has 15 heteroatoms. The van der Waals surface area contributed by atoms with E-state index in [1.54, 1.807) is 0 Å².